The zero-order valence-electron chi connectivity index (χ0n) is 14.7. The zero-order chi connectivity index (χ0) is 19.6. The molecule has 2 aromatic carbocycles. The van der Waals surface area contributed by atoms with E-state index in [9.17, 15) is 13.2 Å². The van der Waals surface area contributed by atoms with Crippen molar-refractivity contribution in [3.05, 3.63) is 65.4 Å². The number of hydrogen-bond donors (Lipinski definition) is 0. The molecule has 8 heteroatoms. The van der Waals surface area contributed by atoms with Crippen LogP contribution < -0.4 is 0 Å². The molecule has 0 aliphatic rings. The molecule has 0 aliphatic carbocycles. The van der Waals surface area contributed by atoms with E-state index in [-0.39, 0.29) is 4.90 Å². The van der Waals surface area contributed by atoms with Gasteiger partial charge in [0.2, 0.25) is 9.84 Å². The minimum absolute atomic E-state index is 0.0645. The van der Waals surface area contributed by atoms with Crippen molar-refractivity contribution < 1.29 is 17.9 Å². The SMILES string of the molecule is CC(=O)OCS(=O)(=O)c1ccc(-c2cn(-c3cccc(C)c3)nc2Cl)cc1. The van der Waals surface area contributed by atoms with Gasteiger partial charge in [0.05, 0.1) is 10.6 Å². The second-order valence-electron chi connectivity index (χ2n) is 6.01. The number of aromatic nitrogens is 2. The van der Waals surface area contributed by atoms with E-state index < -0.39 is 21.7 Å². The largest absolute Gasteiger partial charge is 0.449 e. The van der Waals surface area contributed by atoms with Crippen LogP contribution in [0.15, 0.2) is 59.6 Å². The van der Waals surface area contributed by atoms with Gasteiger partial charge in [-0.2, -0.15) is 5.10 Å². The molecule has 0 bridgehead atoms. The summed E-state index contributed by atoms with van der Waals surface area (Å²) in [6, 6.07) is 14.0. The number of benzene rings is 2. The van der Waals surface area contributed by atoms with Crippen molar-refractivity contribution in [2.24, 2.45) is 0 Å². The molecule has 0 radical (unpaired) electrons. The summed E-state index contributed by atoms with van der Waals surface area (Å²) >= 11 is 6.28. The van der Waals surface area contributed by atoms with Crippen LogP contribution in [-0.2, 0) is 19.4 Å². The molecule has 0 fully saturated rings. The summed E-state index contributed by atoms with van der Waals surface area (Å²) in [5.41, 5.74) is 3.39. The third kappa shape index (κ3) is 4.37. The van der Waals surface area contributed by atoms with Crippen LogP contribution in [0, 0.1) is 6.92 Å². The van der Waals surface area contributed by atoms with Gasteiger partial charge in [-0.1, -0.05) is 35.9 Å². The van der Waals surface area contributed by atoms with Crippen molar-refractivity contribution >= 4 is 27.4 Å². The minimum atomic E-state index is -3.70. The number of carbonyl (C=O) groups excluding carboxylic acids is 1. The molecule has 0 unspecified atom stereocenters. The van der Waals surface area contributed by atoms with Crippen LogP contribution in [-0.4, -0.2) is 30.1 Å². The van der Waals surface area contributed by atoms with Gasteiger partial charge < -0.3 is 4.74 Å². The number of nitrogens with zero attached hydrogens (tertiary/aromatic N) is 2. The summed E-state index contributed by atoms with van der Waals surface area (Å²) < 4.78 is 30.6. The highest BCUT2D eigenvalue weighted by Crippen LogP contribution is 2.29. The molecule has 1 aromatic heterocycles. The Kier molecular flexibility index (Phi) is 5.34. The normalized spacial score (nSPS) is 11.4. The smallest absolute Gasteiger partial charge is 0.303 e. The van der Waals surface area contributed by atoms with Crippen LogP contribution in [0.5, 0.6) is 0 Å². The lowest BCUT2D eigenvalue weighted by atomic mass is 10.1. The first-order chi connectivity index (χ1) is 12.8. The van der Waals surface area contributed by atoms with Crippen molar-refractivity contribution in [2.75, 3.05) is 5.94 Å². The number of hydrogen-bond acceptors (Lipinski definition) is 5. The van der Waals surface area contributed by atoms with Gasteiger partial charge in [0, 0.05) is 18.7 Å². The quantitative estimate of drug-likeness (QED) is 0.604. The molecule has 0 amide bonds. The number of carbonyl (C=O) groups is 1. The molecule has 27 heavy (non-hydrogen) atoms. The zero-order valence-corrected chi connectivity index (χ0v) is 16.3. The second kappa shape index (κ2) is 7.54. The lowest BCUT2D eigenvalue weighted by Gasteiger charge is -2.06. The van der Waals surface area contributed by atoms with Gasteiger partial charge in [-0.3, -0.25) is 4.79 Å². The van der Waals surface area contributed by atoms with E-state index in [4.69, 9.17) is 11.6 Å². The van der Waals surface area contributed by atoms with Gasteiger partial charge in [-0.15, -0.1) is 0 Å². The molecule has 0 aliphatic heterocycles. The molecule has 0 N–H and O–H groups in total. The number of halogens is 1. The first kappa shape index (κ1) is 19.1. The molecule has 3 rings (SSSR count). The molecule has 1 heterocycles. The Morgan fingerprint density at radius 3 is 2.52 bits per heavy atom. The maximum atomic E-state index is 12.2. The molecule has 0 saturated heterocycles. The molecule has 3 aromatic rings. The van der Waals surface area contributed by atoms with Gasteiger partial charge in [-0.05, 0) is 42.3 Å². The number of aryl methyl sites for hydroxylation is 1. The Bertz CT molecular complexity index is 1090. The Hall–Kier alpha value is -2.64. The fourth-order valence-electron chi connectivity index (χ4n) is 2.52. The summed E-state index contributed by atoms with van der Waals surface area (Å²) in [6.45, 7) is 3.15. The summed E-state index contributed by atoms with van der Waals surface area (Å²) in [6.07, 6.45) is 1.79. The average molecular weight is 405 g/mol. The fourth-order valence-corrected chi connectivity index (χ4v) is 3.77. The summed E-state index contributed by atoms with van der Waals surface area (Å²) in [5.74, 6) is -1.33. The van der Waals surface area contributed by atoms with Crippen molar-refractivity contribution in [3.8, 4) is 16.8 Å². The van der Waals surface area contributed by atoms with Crippen LogP contribution in [0.1, 0.15) is 12.5 Å². The van der Waals surface area contributed by atoms with Crippen molar-refractivity contribution in [3.63, 3.8) is 0 Å². The molecular formula is C19H17ClN2O4S. The average Bonchev–Trinajstić information content (AvgIpc) is 3.02. The molecule has 0 saturated carbocycles. The van der Waals surface area contributed by atoms with Gasteiger partial charge in [0.1, 0.15) is 0 Å². The Labute approximate surface area is 162 Å². The summed E-state index contributed by atoms with van der Waals surface area (Å²) in [4.78, 5) is 10.9. The first-order valence-electron chi connectivity index (χ1n) is 8.05. The van der Waals surface area contributed by atoms with Crippen LogP contribution in [0.2, 0.25) is 5.15 Å². The van der Waals surface area contributed by atoms with E-state index in [0.29, 0.717) is 10.7 Å². The number of esters is 1. The van der Waals surface area contributed by atoms with E-state index in [1.54, 1.807) is 23.0 Å². The van der Waals surface area contributed by atoms with E-state index in [0.717, 1.165) is 23.7 Å². The number of rotatable bonds is 5. The van der Waals surface area contributed by atoms with Crippen LogP contribution in [0.25, 0.3) is 16.8 Å². The van der Waals surface area contributed by atoms with E-state index in [1.165, 1.54) is 12.1 Å². The predicted octanol–water partition coefficient (Wildman–Crippen LogP) is 3.80. The van der Waals surface area contributed by atoms with Crippen molar-refractivity contribution in [1.82, 2.24) is 9.78 Å². The fraction of sp³-hybridized carbons (Fsp3) is 0.158. The second-order valence-corrected chi connectivity index (χ2v) is 8.30. The first-order valence-corrected chi connectivity index (χ1v) is 10.1. The monoisotopic (exact) mass is 404 g/mol. The third-order valence-corrected chi connectivity index (χ3v) is 5.57. The van der Waals surface area contributed by atoms with Gasteiger partial charge in [0.25, 0.3) is 0 Å². The summed E-state index contributed by atoms with van der Waals surface area (Å²) in [7, 11) is -3.70. The maximum absolute atomic E-state index is 12.2. The highest BCUT2D eigenvalue weighted by Gasteiger charge is 2.17. The van der Waals surface area contributed by atoms with Crippen LogP contribution in [0.4, 0.5) is 0 Å². The Morgan fingerprint density at radius 1 is 1.19 bits per heavy atom. The van der Waals surface area contributed by atoms with Gasteiger partial charge >= 0.3 is 5.97 Å². The highest BCUT2D eigenvalue weighted by atomic mass is 35.5. The van der Waals surface area contributed by atoms with Crippen LogP contribution in [0.3, 0.4) is 0 Å². The molecule has 140 valence electrons. The standard InChI is InChI=1S/C19H17ClN2O4S/c1-13-4-3-5-16(10-13)22-11-18(19(20)21-22)15-6-8-17(9-7-15)27(24,25)12-26-14(2)23/h3-11H,12H2,1-2H3. The van der Waals surface area contributed by atoms with E-state index >= 15 is 0 Å². The Morgan fingerprint density at radius 2 is 1.89 bits per heavy atom. The molecular weight excluding hydrogens is 388 g/mol. The van der Waals surface area contributed by atoms with E-state index in [2.05, 4.69) is 9.84 Å². The number of sulfone groups is 1. The van der Waals surface area contributed by atoms with Crippen LogP contribution >= 0.6 is 11.6 Å². The lowest BCUT2D eigenvalue weighted by Crippen LogP contribution is -2.12. The minimum Gasteiger partial charge on any atom is -0.449 e. The van der Waals surface area contributed by atoms with E-state index in [1.807, 2.05) is 31.2 Å². The third-order valence-electron chi connectivity index (χ3n) is 3.88. The predicted molar refractivity (Wildman–Crippen MR) is 103 cm³/mol. The van der Waals surface area contributed by atoms with Crippen molar-refractivity contribution in [2.45, 2.75) is 18.7 Å². The lowest BCUT2D eigenvalue weighted by molar-refractivity contribution is -0.138. The summed E-state index contributed by atoms with van der Waals surface area (Å²) in [5, 5.41) is 4.64. The highest BCUT2D eigenvalue weighted by molar-refractivity contribution is 7.91. The molecule has 0 atom stereocenters. The molecule has 6 nitrogen and oxygen atoms in total. The Balaban J connectivity index is 1.89. The number of ether oxygens (including phenoxy) is 1. The van der Waals surface area contributed by atoms with Gasteiger partial charge in [-0.25, -0.2) is 13.1 Å². The molecule has 0 spiro atoms. The van der Waals surface area contributed by atoms with Gasteiger partial charge in [0.15, 0.2) is 11.1 Å². The van der Waals surface area contributed by atoms with Crippen molar-refractivity contribution in [1.29, 1.82) is 0 Å². The maximum Gasteiger partial charge on any atom is 0.303 e. The topological polar surface area (TPSA) is 78.3 Å².